The van der Waals surface area contributed by atoms with Gasteiger partial charge in [-0.1, -0.05) is 18.2 Å². The van der Waals surface area contributed by atoms with Crippen LogP contribution in [0.25, 0.3) is 0 Å². The molecule has 0 amide bonds. The SMILES string of the molecule is C=CCCN1C=CC=CC1. The third-order valence-corrected chi connectivity index (χ3v) is 1.50. The first kappa shape index (κ1) is 7.13. The molecule has 0 spiro atoms. The topological polar surface area (TPSA) is 3.24 Å². The highest BCUT2D eigenvalue weighted by molar-refractivity contribution is 5.08. The summed E-state index contributed by atoms with van der Waals surface area (Å²) in [6.45, 7) is 5.81. The molecule has 1 heteroatoms. The predicted octanol–water partition coefficient (Wildman–Crippen LogP) is 1.95. The first-order valence-corrected chi connectivity index (χ1v) is 3.62. The molecule has 0 aromatic heterocycles. The quantitative estimate of drug-likeness (QED) is 0.535. The average Bonchev–Trinajstić information content (AvgIpc) is 2.03. The Bertz CT molecular complexity index is 156. The van der Waals surface area contributed by atoms with Gasteiger partial charge in [-0.15, -0.1) is 6.58 Å². The van der Waals surface area contributed by atoms with Gasteiger partial charge in [0, 0.05) is 13.1 Å². The molecule has 0 unspecified atom stereocenters. The van der Waals surface area contributed by atoms with Crippen molar-refractivity contribution in [1.29, 1.82) is 0 Å². The lowest BCUT2D eigenvalue weighted by Gasteiger charge is -2.18. The Morgan fingerprint density at radius 3 is 3.00 bits per heavy atom. The van der Waals surface area contributed by atoms with Gasteiger partial charge >= 0.3 is 0 Å². The van der Waals surface area contributed by atoms with E-state index in [2.05, 4.69) is 35.9 Å². The van der Waals surface area contributed by atoms with E-state index < -0.39 is 0 Å². The largest absolute Gasteiger partial charge is 0.373 e. The number of rotatable bonds is 3. The molecule has 0 aromatic carbocycles. The summed E-state index contributed by atoms with van der Waals surface area (Å²) >= 11 is 0. The second-order valence-electron chi connectivity index (χ2n) is 2.34. The molecule has 0 atom stereocenters. The summed E-state index contributed by atoms with van der Waals surface area (Å²) in [6.07, 6.45) is 11.4. The summed E-state index contributed by atoms with van der Waals surface area (Å²) in [5.41, 5.74) is 0. The Morgan fingerprint density at radius 2 is 2.40 bits per heavy atom. The minimum absolute atomic E-state index is 1.05. The highest BCUT2D eigenvalue weighted by atomic mass is 15.1. The van der Waals surface area contributed by atoms with E-state index in [1.807, 2.05) is 6.08 Å². The molecule has 1 rings (SSSR count). The highest BCUT2D eigenvalue weighted by Crippen LogP contribution is 1.98. The molecule has 0 aromatic rings. The van der Waals surface area contributed by atoms with Crippen molar-refractivity contribution in [2.24, 2.45) is 0 Å². The van der Waals surface area contributed by atoms with E-state index in [0.29, 0.717) is 0 Å². The first-order valence-electron chi connectivity index (χ1n) is 3.62. The smallest absolute Gasteiger partial charge is 0.0357 e. The summed E-state index contributed by atoms with van der Waals surface area (Å²) < 4.78 is 0. The Kier molecular flexibility index (Phi) is 2.81. The van der Waals surface area contributed by atoms with Gasteiger partial charge in [0.05, 0.1) is 0 Å². The summed E-state index contributed by atoms with van der Waals surface area (Å²) in [4.78, 5) is 2.27. The minimum Gasteiger partial charge on any atom is -0.373 e. The Morgan fingerprint density at radius 1 is 1.50 bits per heavy atom. The molecule has 1 nitrogen and oxygen atoms in total. The third kappa shape index (κ3) is 2.09. The lowest BCUT2D eigenvalue weighted by molar-refractivity contribution is 0.420. The first-order chi connectivity index (χ1) is 4.93. The lowest BCUT2D eigenvalue weighted by atomic mass is 10.3. The zero-order valence-electron chi connectivity index (χ0n) is 6.16. The summed E-state index contributed by atoms with van der Waals surface area (Å²) in [5, 5.41) is 0. The van der Waals surface area contributed by atoms with E-state index in [9.17, 15) is 0 Å². The summed E-state index contributed by atoms with van der Waals surface area (Å²) in [6, 6.07) is 0. The Balaban J connectivity index is 2.23. The van der Waals surface area contributed by atoms with Crippen LogP contribution in [0.4, 0.5) is 0 Å². The summed E-state index contributed by atoms with van der Waals surface area (Å²) in [5.74, 6) is 0. The van der Waals surface area contributed by atoms with Crippen molar-refractivity contribution in [3.63, 3.8) is 0 Å². The molecule has 1 heterocycles. The molecule has 0 saturated heterocycles. The van der Waals surface area contributed by atoms with Gasteiger partial charge in [-0.3, -0.25) is 0 Å². The molecule has 0 bridgehead atoms. The van der Waals surface area contributed by atoms with Gasteiger partial charge in [0.25, 0.3) is 0 Å². The predicted molar refractivity (Wildman–Crippen MR) is 44.7 cm³/mol. The van der Waals surface area contributed by atoms with Crippen LogP contribution in [0.2, 0.25) is 0 Å². The van der Waals surface area contributed by atoms with E-state index in [4.69, 9.17) is 0 Å². The maximum atomic E-state index is 3.68. The maximum Gasteiger partial charge on any atom is 0.0357 e. The van der Waals surface area contributed by atoms with Crippen molar-refractivity contribution in [2.45, 2.75) is 6.42 Å². The van der Waals surface area contributed by atoms with E-state index in [1.165, 1.54) is 0 Å². The molecule has 1 aliphatic heterocycles. The molecular formula is C9H13N. The van der Waals surface area contributed by atoms with Gasteiger partial charge in [0.15, 0.2) is 0 Å². The fourth-order valence-corrected chi connectivity index (χ4v) is 0.930. The van der Waals surface area contributed by atoms with E-state index in [-0.39, 0.29) is 0 Å². The zero-order chi connectivity index (χ0) is 7.23. The van der Waals surface area contributed by atoms with E-state index >= 15 is 0 Å². The monoisotopic (exact) mass is 135 g/mol. The van der Waals surface area contributed by atoms with Gasteiger partial charge < -0.3 is 4.90 Å². The number of nitrogens with zero attached hydrogens (tertiary/aromatic N) is 1. The van der Waals surface area contributed by atoms with Crippen molar-refractivity contribution >= 4 is 0 Å². The van der Waals surface area contributed by atoms with E-state index in [1.54, 1.807) is 0 Å². The van der Waals surface area contributed by atoms with Crippen LogP contribution < -0.4 is 0 Å². The molecular weight excluding hydrogens is 122 g/mol. The average molecular weight is 135 g/mol. The minimum atomic E-state index is 1.05. The highest BCUT2D eigenvalue weighted by Gasteiger charge is 1.95. The van der Waals surface area contributed by atoms with E-state index in [0.717, 1.165) is 19.5 Å². The van der Waals surface area contributed by atoms with Gasteiger partial charge in [-0.2, -0.15) is 0 Å². The van der Waals surface area contributed by atoms with Crippen LogP contribution >= 0.6 is 0 Å². The van der Waals surface area contributed by atoms with Crippen LogP contribution in [-0.4, -0.2) is 18.0 Å². The number of hydrogen-bond donors (Lipinski definition) is 0. The second kappa shape index (κ2) is 3.94. The third-order valence-electron chi connectivity index (χ3n) is 1.50. The normalized spacial score (nSPS) is 15.8. The fourth-order valence-electron chi connectivity index (χ4n) is 0.930. The van der Waals surface area contributed by atoms with Crippen molar-refractivity contribution < 1.29 is 0 Å². The maximum absolute atomic E-state index is 3.68. The van der Waals surface area contributed by atoms with Crippen molar-refractivity contribution in [3.8, 4) is 0 Å². The molecule has 0 aliphatic carbocycles. The Hall–Kier alpha value is -0.980. The standard InChI is InChI=1S/C9H13N/c1-2-3-7-10-8-5-4-6-9-10/h2,4-6,8H,1,3,7,9H2. The zero-order valence-corrected chi connectivity index (χ0v) is 6.16. The Labute approximate surface area is 62.3 Å². The van der Waals surface area contributed by atoms with Crippen molar-refractivity contribution in [3.05, 3.63) is 37.1 Å². The van der Waals surface area contributed by atoms with Crippen LogP contribution in [-0.2, 0) is 0 Å². The molecule has 0 fully saturated rings. The molecule has 10 heavy (non-hydrogen) atoms. The molecule has 0 N–H and O–H groups in total. The molecule has 54 valence electrons. The van der Waals surface area contributed by atoms with Gasteiger partial charge in [0.1, 0.15) is 0 Å². The van der Waals surface area contributed by atoms with Crippen LogP contribution in [0.5, 0.6) is 0 Å². The lowest BCUT2D eigenvalue weighted by Crippen LogP contribution is -2.19. The van der Waals surface area contributed by atoms with Crippen LogP contribution in [0, 0.1) is 0 Å². The second-order valence-corrected chi connectivity index (χ2v) is 2.34. The van der Waals surface area contributed by atoms with Crippen LogP contribution in [0.3, 0.4) is 0 Å². The number of allylic oxidation sites excluding steroid dienone is 2. The van der Waals surface area contributed by atoms with Crippen molar-refractivity contribution in [2.75, 3.05) is 13.1 Å². The molecule has 1 aliphatic rings. The van der Waals surface area contributed by atoms with Crippen LogP contribution in [0.1, 0.15) is 6.42 Å². The fraction of sp³-hybridized carbons (Fsp3) is 0.333. The molecule has 0 saturated carbocycles. The van der Waals surface area contributed by atoms with Gasteiger partial charge in [0.2, 0.25) is 0 Å². The summed E-state index contributed by atoms with van der Waals surface area (Å²) in [7, 11) is 0. The van der Waals surface area contributed by atoms with Gasteiger partial charge in [-0.25, -0.2) is 0 Å². The van der Waals surface area contributed by atoms with Crippen molar-refractivity contribution in [1.82, 2.24) is 4.90 Å². The van der Waals surface area contributed by atoms with Gasteiger partial charge in [-0.05, 0) is 18.7 Å². The number of hydrogen-bond acceptors (Lipinski definition) is 1. The van der Waals surface area contributed by atoms with Crippen LogP contribution in [0.15, 0.2) is 37.1 Å². The molecule has 0 radical (unpaired) electrons.